The second-order valence-corrected chi connectivity index (χ2v) is 7.50. The Kier molecular flexibility index (Phi) is 6.61. The lowest BCUT2D eigenvalue weighted by Crippen LogP contribution is -2.26. The van der Waals surface area contributed by atoms with Gasteiger partial charge in [-0.3, -0.25) is 9.59 Å². The first kappa shape index (κ1) is 21.6. The maximum absolute atomic E-state index is 13.3. The molecule has 9 heteroatoms. The average Bonchev–Trinajstić information content (AvgIpc) is 3.14. The number of carbonyl (C=O) groups is 2. The minimum Gasteiger partial charge on any atom is -0.461 e. The van der Waals surface area contributed by atoms with E-state index in [4.69, 9.17) is 4.74 Å². The predicted molar refractivity (Wildman–Crippen MR) is 114 cm³/mol. The van der Waals surface area contributed by atoms with E-state index in [1.54, 1.807) is 12.3 Å². The molecule has 3 rings (SSSR count). The molecule has 1 aromatic carbocycles. The number of hydrogen-bond acceptors (Lipinski definition) is 6. The molecule has 0 saturated heterocycles. The van der Waals surface area contributed by atoms with Crippen LogP contribution in [-0.4, -0.2) is 28.3 Å². The number of nitrogens with zero attached hydrogens (tertiary/aromatic N) is 2. The van der Waals surface area contributed by atoms with Gasteiger partial charge in [-0.25, -0.2) is 9.18 Å². The third-order valence-corrected chi connectivity index (χ3v) is 5.68. The number of halogens is 1. The number of thiophene rings is 1. The van der Waals surface area contributed by atoms with Crippen molar-refractivity contribution in [1.29, 1.82) is 0 Å². The lowest BCUT2D eigenvalue weighted by Gasteiger charge is -2.13. The van der Waals surface area contributed by atoms with E-state index in [9.17, 15) is 18.8 Å². The highest BCUT2D eigenvalue weighted by Crippen LogP contribution is 2.31. The molecule has 0 radical (unpaired) electrons. The van der Waals surface area contributed by atoms with Crippen LogP contribution in [0, 0.1) is 11.7 Å². The fourth-order valence-electron chi connectivity index (χ4n) is 3.12. The van der Waals surface area contributed by atoms with Crippen LogP contribution in [0.3, 0.4) is 0 Å². The fourth-order valence-corrected chi connectivity index (χ4v) is 4.06. The summed E-state index contributed by atoms with van der Waals surface area (Å²) in [5, 5.41) is 9.42. The van der Waals surface area contributed by atoms with Crippen LogP contribution >= 0.6 is 11.3 Å². The highest BCUT2D eigenvalue weighted by molar-refractivity contribution is 7.16. The molecule has 1 N–H and O–H groups in total. The van der Waals surface area contributed by atoms with Crippen molar-refractivity contribution in [2.45, 2.75) is 33.6 Å². The van der Waals surface area contributed by atoms with Crippen LogP contribution < -0.4 is 10.9 Å². The van der Waals surface area contributed by atoms with Gasteiger partial charge in [0.05, 0.1) is 17.7 Å². The van der Waals surface area contributed by atoms with Gasteiger partial charge in [0.1, 0.15) is 10.8 Å². The number of hydrogen-bond donors (Lipinski definition) is 1. The summed E-state index contributed by atoms with van der Waals surface area (Å²) in [6.07, 6.45) is 1.34. The number of ether oxygens (including phenoxy) is 1. The van der Waals surface area contributed by atoms with Crippen LogP contribution in [0.1, 0.15) is 44.1 Å². The van der Waals surface area contributed by atoms with E-state index in [2.05, 4.69) is 10.4 Å². The highest BCUT2D eigenvalue weighted by Gasteiger charge is 2.24. The van der Waals surface area contributed by atoms with Gasteiger partial charge < -0.3 is 10.1 Å². The second-order valence-electron chi connectivity index (χ2n) is 6.62. The van der Waals surface area contributed by atoms with Gasteiger partial charge in [-0.15, -0.1) is 11.3 Å². The summed E-state index contributed by atoms with van der Waals surface area (Å²) < 4.78 is 19.4. The number of anilines is 1. The van der Waals surface area contributed by atoms with Crippen LogP contribution in [0.15, 0.2) is 34.4 Å². The summed E-state index contributed by atoms with van der Waals surface area (Å²) in [5.41, 5.74) is -0.280. The number of esters is 1. The van der Waals surface area contributed by atoms with Crippen molar-refractivity contribution in [3.05, 3.63) is 51.5 Å². The molecule has 30 heavy (non-hydrogen) atoms. The molecule has 0 bridgehead atoms. The molecule has 2 aromatic heterocycles. The lowest BCUT2D eigenvalue weighted by atomic mass is 10.0. The molecule has 2 heterocycles. The first-order chi connectivity index (χ1) is 14.4. The molecule has 0 saturated carbocycles. The van der Waals surface area contributed by atoms with E-state index < -0.39 is 17.3 Å². The number of nitrogens with one attached hydrogen (secondary N) is 1. The first-order valence-corrected chi connectivity index (χ1v) is 10.6. The van der Waals surface area contributed by atoms with E-state index in [1.807, 2.05) is 13.8 Å². The summed E-state index contributed by atoms with van der Waals surface area (Å²) >= 11 is 1.15. The van der Waals surface area contributed by atoms with Crippen LogP contribution in [0.2, 0.25) is 0 Å². The van der Waals surface area contributed by atoms with E-state index in [0.29, 0.717) is 23.2 Å². The first-order valence-electron chi connectivity index (χ1n) is 9.69. The van der Waals surface area contributed by atoms with Crippen molar-refractivity contribution in [2.24, 2.45) is 5.92 Å². The Balaban J connectivity index is 2.21. The van der Waals surface area contributed by atoms with Crippen LogP contribution in [0.4, 0.5) is 9.39 Å². The third kappa shape index (κ3) is 4.11. The number of rotatable bonds is 7. The van der Waals surface area contributed by atoms with Crippen molar-refractivity contribution in [1.82, 2.24) is 9.78 Å². The maximum Gasteiger partial charge on any atom is 0.359 e. The molecule has 1 amide bonds. The van der Waals surface area contributed by atoms with Gasteiger partial charge in [0.15, 0.2) is 5.69 Å². The summed E-state index contributed by atoms with van der Waals surface area (Å²) in [5.74, 6) is -1.53. The summed E-state index contributed by atoms with van der Waals surface area (Å²) in [7, 11) is 0. The van der Waals surface area contributed by atoms with Crippen molar-refractivity contribution in [2.75, 3.05) is 11.9 Å². The van der Waals surface area contributed by atoms with Crippen molar-refractivity contribution >= 4 is 39.0 Å². The Bertz CT molecular complexity index is 1130. The zero-order valence-electron chi connectivity index (χ0n) is 16.9. The number of amides is 1. The zero-order chi connectivity index (χ0) is 21.8. The van der Waals surface area contributed by atoms with Gasteiger partial charge in [0.25, 0.3) is 5.56 Å². The van der Waals surface area contributed by atoms with Crippen molar-refractivity contribution < 1.29 is 18.7 Å². The Morgan fingerprint density at radius 2 is 1.87 bits per heavy atom. The van der Waals surface area contributed by atoms with Crippen molar-refractivity contribution in [3.8, 4) is 5.69 Å². The van der Waals surface area contributed by atoms with Gasteiger partial charge in [-0.05, 0) is 44.0 Å². The van der Waals surface area contributed by atoms with Crippen LogP contribution in [0.25, 0.3) is 16.5 Å². The predicted octanol–water partition coefficient (Wildman–Crippen LogP) is 4.14. The minimum absolute atomic E-state index is 0.0462. The largest absolute Gasteiger partial charge is 0.461 e. The SMILES string of the molecule is CCOC(=O)c1nn(-c2ccc(F)cc2)c(=O)c2c(NC(=O)C(CC)CC)scc12. The van der Waals surface area contributed by atoms with Gasteiger partial charge in [0.2, 0.25) is 5.91 Å². The van der Waals surface area contributed by atoms with Crippen LogP contribution in [0.5, 0.6) is 0 Å². The molecule has 0 aliphatic carbocycles. The molecule has 0 aliphatic rings. The summed E-state index contributed by atoms with van der Waals surface area (Å²) in [4.78, 5) is 38.3. The molecule has 0 unspecified atom stereocenters. The second kappa shape index (κ2) is 9.17. The molecule has 158 valence electrons. The minimum atomic E-state index is -0.686. The number of carbonyl (C=O) groups excluding carboxylic acids is 2. The quantitative estimate of drug-likeness (QED) is 0.568. The molecule has 0 atom stereocenters. The Hall–Kier alpha value is -3.07. The van der Waals surface area contributed by atoms with E-state index >= 15 is 0 Å². The van der Waals surface area contributed by atoms with Crippen molar-refractivity contribution in [3.63, 3.8) is 0 Å². The van der Waals surface area contributed by atoms with E-state index in [1.165, 1.54) is 24.3 Å². The molecule has 7 nitrogen and oxygen atoms in total. The molecule has 0 spiro atoms. The number of benzene rings is 1. The standard InChI is InChI=1S/C21H22FN3O4S/c1-4-12(5-2)18(26)23-19-16-15(11-30-19)17(21(28)29-6-3)24-25(20(16)27)14-9-7-13(22)8-10-14/h7-12H,4-6H2,1-3H3,(H,23,26). The lowest BCUT2D eigenvalue weighted by molar-refractivity contribution is -0.120. The molecular weight excluding hydrogens is 409 g/mol. The van der Waals surface area contributed by atoms with Gasteiger partial charge in [-0.2, -0.15) is 9.78 Å². The summed E-state index contributed by atoms with van der Waals surface area (Å²) in [6, 6.07) is 5.17. The third-order valence-electron chi connectivity index (χ3n) is 4.79. The van der Waals surface area contributed by atoms with Crippen LogP contribution in [-0.2, 0) is 9.53 Å². The van der Waals surface area contributed by atoms with Gasteiger partial charge in [-0.1, -0.05) is 13.8 Å². The van der Waals surface area contributed by atoms with Gasteiger partial charge >= 0.3 is 5.97 Å². The Labute approximate surface area is 176 Å². The molecule has 0 aliphatic heterocycles. The zero-order valence-corrected chi connectivity index (χ0v) is 17.7. The molecular formula is C21H22FN3O4S. The normalized spacial score (nSPS) is 11.1. The van der Waals surface area contributed by atoms with E-state index in [-0.39, 0.29) is 35.2 Å². The summed E-state index contributed by atoms with van der Waals surface area (Å²) in [6.45, 7) is 5.65. The maximum atomic E-state index is 13.3. The van der Waals surface area contributed by atoms with Gasteiger partial charge in [0, 0.05) is 16.7 Å². The Morgan fingerprint density at radius 3 is 2.47 bits per heavy atom. The monoisotopic (exact) mass is 431 g/mol. The number of aromatic nitrogens is 2. The Morgan fingerprint density at radius 1 is 1.20 bits per heavy atom. The fraction of sp³-hybridized carbons (Fsp3) is 0.333. The smallest absolute Gasteiger partial charge is 0.359 e. The van der Waals surface area contributed by atoms with E-state index in [0.717, 1.165) is 16.0 Å². The molecule has 0 fully saturated rings. The average molecular weight is 431 g/mol. The number of fused-ring (bicyclic) bond motifs is 1. The highest BCUT2D eigenvalue weighted by atomic mass is 32.1. The topological polar surface area (TPSA) is 90.3 Å². The molecule has 3 aromatic rings.